The maximum Gasteiger partial charge on any atom is 0.418 e. The van der Waals surface area contributed by atoms with Crippen LogP contribution in [0.25, 0.3) is 0 Å². The molecule has 5 N–H and O–H groups in total. The van der Waals surface area contributed by atoms with Crippen molar-refractivity contribution < 1.29 is 32.7 Å². The summed E-state index contributed by atoms with van der Waals surface area (Å²) in [4.78, 5) is 43.8. The minimum absolute atomic E-state index is 0.0102. The summed E-state index contributed by atoms with van der Waals surface area (Å²) in [5, 5.41) is 19.0. The van der Waals surface area contributed by atoms with Crippen molar-refractivity contribution in [2.24, 2.45) is 0 Å². The van der Waals surface area contributed by atoms with E-state index in [1.807, 2.05) is 0 Å². The molecule has 0 aliphatic heterocycles. The molecule has 0 fully saturated rings. The highest BCUT2D eigenvalue weighted by molar-refractivity contribution is 6.33. The zero-order valence-electron chi connectivity index (χ0n) is 21.6. The Bertz CT molecular complexity index is 1450. The number of hydrogen-bond donors (Lipinski definition) is 5. The number of benzene rings is 2. The summed E-state index contributed by atoms with van der Waals surface area (Å²) in [5.41, 5.74) is -0.717. The fourth-order valence-electron chi connectivity index (χ4n) is 3.59. The van der Waals surface area contributed by atoms with Crippen LogP contribution in [0.5, 0.6) is 0 Å². The average molecular weight is 592 g/mol. The van der Waals surface area contributed by atoms with Crippen molar-refractivity contribution in [3.05, 3.63) is 71.9 Å². The molecule has 0 aliphatic carbocycles. The van der Waals surface area contributed by atoms with Crippen molar-refractivity contribution in [1.29, 1.82) is 0 Å². The summed E-state index contributed by atoms with van der Waals surface area (Å²) in [7, 11) is 0. The van der Waals surface area contributed by atoms with Gasteiger partial charge in [-0.15, -0.1) is 0 Å². The molecule has 216 valence electrons. The molecular formula is C26H25ClF3N7O4. The first-order chi connectivity index (χ1) is 19.4. The molecule has 41 heavy (non-hydrogen) atoms. The zero-order chi connectivity index (χ0) is 30.2. The number of hydrogen-bond acceptors (Lipinski definition) is 7. The van der Waals surface area contributed by atoms with Gasteiger partial charge >= 0.3 is 12.3 Å². The Morgan fingerprint density at radius 2 is 1.80 bits per heavy atom. The SMILES string of the molecule is C=CC(=O)Nc1ccccc1Nc1nc(Nc2ccc(N(CCCNC(=O)O)C(C)=O)cc2C(F)(F)F)ncc1Cl. The first kappa shape index (κ1) is 30.7. The lowest BCUT2D eigenvalue weighted by molar-refractivity contribution is -0.137. The smallest absolute Gasteiger partial charge is 0.418 e. The van der Waals surface area contributed by atoms with E-state index in [1.165, 1.54) is 19.2 Å². The van der Waals surface area contributed by atoms with Crippen molar-refractivity contribution in [1.82, 2.24) is 15.3 Å². The van der Waals surface area contributed by atoms with Gasteiger partial charge in [0, 0.05) is 25.7 Å². The highest BCUT2D eigenvalue weighted by Gasteiger charge is 2.35. The number of carbonyl (C=O) groups excluding carboxylic acids is 2. The molecule has 15 heteroatoms. The van der Waals surface area contributed by atoms with E-state index in [9.17, 15) is 27.6 Å². The number of carboxylic acid groups (broad SMARTS) is 1. The molecule has 11 nitrogen and oxygen atoms in total. The van der Waals surface area contributed by atoms with E-state index >= 15 is 0 Å². The van der Waals surface area contributed by atoms with Gasteiger partial charge in [-0.3, -0.25) is 9.59 Å². The molecule has 2 aromatic carbocycles. The summed E-state index contributed by atoms with van der Waals surface area (Å²) in [6, 6.07) is 9.87. The maximum atomic E-state index is 14.1. The molecule has 1 aromatic heterocycles. The Hall–Kier alpha value is -4.85. The van der Waals surface area contributed by atoms with E-state index in [4.69, 9.17) is 16.7 Å². The Kier molecular flexibility index (Phi) is 10.1. The number of anilines is 6. The van der Waals surface area contributed by atoms with E-state index in [-0.39, 0.29) is 47.7 Å². The van der Waals surface area contributed by atoms with E-state index < -0.39 is 29.6 Å². The molecular weight excluding hydrogens is 567 g/mol. The number of amides is 3. The van der Waals surface area contributed by atoms with Crippen molar-refractivity contribution in [3.63, 3.8) is 0 Å². The number of rotatable bonds is 11. The molecule has 3 amide bonds. The van der Waals surface area contributed by atoms with Crippen LogP contribution in [0, 0.1) is 0 Å². The molecule has 0 spiro atoms. The zero-order valence-corrected chi connectivity index (χ0v) is 22.3. The van der Waals surface area contributed by atoms with Crippen LogP contribution in [0.15, 0.2) is 61.3 Å². The summed E-state index contributed by atoms with van der Waals surface area (Å²) >= 11 is 6.22. The van der Waals surface area contributed by atoms with Crippen LogP contribution in [0.4, 0.5) is 52.5 Å². The monoisotopic (exact) mass is 591 g/mol. The highest BCUT2D eigenvalue weighted by atomic mass is 35.5. The van der Waals surface area contributed by atoms with Gasteiger partial charge in [0.2, 0.25) is 17.8 Å². The minimum atomic E-state index is -4.82. The second-order valence-electron chi connectivity index (χ2n) is 8.36. The third-order valence-corrected chi connectivity index (χ3v) is 5.73. The molecule has 3 rings (SSSR count). The second-order valence-corrected chi connectivity index (χ2v) is 8.77. The lowest BCUT2D eigenvalue weighted by Gasteiger charge is -2.23. The lowest BCUT2D eigenvalue weighted by Crippen LogP contribution is -2.32. The van der Waals surface area contributed by atoms with Crippen LogP contribution in [-0.2, 0) is 15.8 Å². The van der Waals surface area contributed by atoms with Crippen molar-refractivity contribution in [2.75, 3.05) is 33.9 Å². The number of nitrogens with zero attached hydrogens (tertiary/aromatic N) is 3. The van der Waals surface area contributed by atoms with Crippen molar-refractivity contribution in [2.45, 2.75) is 19.5 Å². The summed E-state index contributed by atoms with van der Waals surface area (Å²) in [6.07, 6.45) is -3.61. The molecule has 0 unspecified atom stereocenters. The number of halogens is 4. The molecule has 0 bridgehead atoms. The number of aromatic nitrogens is 2. The summed E-state index contributed by atoms with van der Waals surface area (Å²) in [6.45, 7) is 4.60. The Balaban J connectivity index is 1.89. The first-order valence-electron chi connectivity index (χ1n) is 11.9. The normalized spacial score (nSPS) is 10.9. The topological polar surface area (TPSA) is 149 Å². The predicted octanol–water partition coefficient (Wildman–Crippen LogP) is 5.77. The molecule has 0 radical (unpaired) electrons. The molecule has 0 atom stereocenters. The first-order valence-corrected chi connectivity index (χ1v) is 12.3. The van der Waals surface area contributed by atoms with Gasteiger partial charge in [-0.1, -0.05) is 30.3 Å². The van der Waals surface area contributed by atoms with Gasteiger partial charge in [-0.05, 0) is 42.8 Å². The van der Waals surface area contributed by atoms with Crippen LogP contribution in [0.2, 0.25) is 5.02 Å². The van der Waals surface area contributed by atoms with E-state index in [1.54, 1.807) is 24.3 Å². The predicted molar refractivity (Wildman–Crippen MR) is 149 cm³/mol. The average Bonchev–Trinajstić information content (AvgIpc) is 2.91. The number of para-hydroxylation sites is 2. The van der Waals surface area contributed by atoms with Gasteiger partial charge in [-0.2, -0.15) is 18.2 Å². The third-order valence-electron chi connectivity index (χ3n) is 5.45. The summed E-state index contributed by atoms with van der Waals surface area (Å²) in [5.74, 6) is -1.15. The van der Waals surface area contributed by atoms with Gasteiger partial charge in [0.05, 0.1) is 28.8 Å². The van der Waals surface area contributed by atoms with Crippen molar-refractivity contribution in [3.8, 4) is 0 Å². The molecule has 0 saturated carbocycles. The fourth-order valence-corrected chi connectivity index (χ4v) is 3.73. The van der Waals surface area contributed by atoms with Gasteiger partial charge in [0.25, 0.3) is 0 Å². The Labute approximate surface area is 237 Å². The molecule has 0 saturated heterocycles. The molecule has 0 aliphatic rings. The Morgan fingerprint density at radius 1 is 1.10 bits per heavy atom. The standard InChI is InChI=1S/C26H25ClF3N7O4/c1-3-22(39)33-20-7-4-5-8-21(20)34-23-18(27)14-32-24(36-23)35-19-10-9-16(13-17(19)26(28,29)30)37(15(2)38)12-6-11-31-25(40)41/h3-5,7-10,13-14,31H,1,6,11-12H2,2H3,(H,33,39)(H,40,41)(H2,32,34,35,36). The van der Waals surface area contributed by atoms with Crippen LogP contribution < -0.4 is 26.2 Å². The summed E-state index contributed by atoms with van der Waals surface area (Å²) < 4.78 is 42.2. The number of alkyl halides is 3. The third kappa shape index (κ3) is 8.57. The van der Waals surface area contributed by atoms with Crippen LogP contribution in [0.3, 0.4) is 0 Å². The van der Waals surface area contributed by atoms with E-state index in [0.29, 0.717) is 11.4 Å². The van der Waals surface area contributed by atoms with Crippen LogP contribution in [-0.4, -0.2) is 46.1 Å². The van der Waals surface area contributed by atoms with Crippen LogP contribution in [0.1, 0.15) is 18.9 Å². The minimum Gasteiger partial charge on any atom is -0.465 e. The Morgan fingerprint density at radius 3 is 2.44 bits per heavy atom. The van der Waals surface area contributed by atoms with Crippen molar-refractivity contribution >= 4 is 64.0 Å². The van der Waals surface area contributed by atoms with Gasteiger partial charge < -0.3 is 31.3 Å². The molecule has 1 heterocycles. The van der Waals surface area contributed by atoms with E-state index in [0.717, 1.165) is 23.1 Å². The van der Waals surface area contributed by atoms with Gasteiger partial charge in [0.1, 0.15) is 5.02 Å². The van der Waals surface area contributed by atoms with Crippen LogP contribution >= 0.6 is 11.6 Å². The lowest BCUT2D eigenvalue weighted by atomic mass is 10.1. The maximum absolute atomic E-state index is 14.1. The fraction of sp³-hybridized carbons (Fsp3) is 0.192. The highest BCUT2D eigenvalue weighted by Crippen LogP contribution is 2.39. The second kappa shape index (κ2) is 13.5. The number of carbonyl (C=O) groups is 3. The number of nitrogens with one attached hydrogen (secondary N) is 4. The largest absolute Gasteiger partial charge is 0.465 e. The van der Waals surface area contributed by atoms with Gasteiger partial charge in [-0.25, -0.2) is 9.78 Å². The quantitative estimate of drug-likeness (QED) is 0.139. The molecule has 3 aromatic rings. The van der Waals surface area contributed by atoms with E-state index in [2.05, 4.69) is 37.8 Å². The van der Waals surface area contributed by atoms with Gasteiger partial charge in [0.15, 0.2) is 5.82 Å².